The molecule has 1 saturated heterocycles. The second kappa shape index (κ2) is 4.91. The zero-order valence-corrected chi connectivity index (χ0v) is 13.1. The Morgan fingerprint density at radius 2 is 2.24 bits per heavy atom. The highest BCUT2D eigenvalue weighted by Gasteiger charge is 2.41. The Morgan fingerprint density at radius 3 is 2.86 bits per heavy atom. The van der Waals surface area contributed by atoms with E-state index in [1.54, 1.807) is 0 Å². The Balaban J connectivity index is 2.18. The van der Waals surface area contributed by atoms with Crippen LogP contribution >= 0.6 is 0 Å². The number of nitrogens with zero attached hydrogens (tertiary/aromatic N) is 2. The van der Waals surface area contributed by atoms with Gasteiger partial charge in [-0.2, -0.15) is 0 Å². The monoisotopic (exact) mass is 289 g/mol. The molecule has 2 heterocycles. The number of nitrogens with two attached hydrogens (primary N) is 1. The Kier molecular flexibility index (Phi) is 3.32. The first kappa shape index (κ1) is 14.2. The van der Waals surface area contributed by atoms with Crippen LogP contribution in [0.25, 0.3) is 11.0 Å². The molecule has 0 radical (unpaired) electrons. The van der Waals surface area contributed by atoms with Crippen LogP contribution in [0.3, 0.4) is 0 Å². The van der Waals surface area contributed by atoms with Crippen molar-refractivity contribution in [3.8, 4) is 5.75 Å². The third kappa shape index (κ3) is 2.16. The lowest BCUT2D eigenvalue weighted by Gasteiger charge is -2.31. The number of benzene rings is 1. The molecular formula is C16H23N3O2. The van der Waals surface area contributed by atoms with E-state index in [1.807, 2.05) is 32.0 Å². The summed E-state index contributed by atoms with van der Waals surface area (Å²) in [5, 5.41) is 0. The molecule has 1 aliphatic heterocycles. The number of hydrogen-bond donors (Lipinski definition) is 1. The minimum Gasteiger partial charge on any atom is -0.489 e. The topological polar surface area (TPSA) is 62.3 Å². The fourth-order valence-electron chi connectivity index (χ4n) is 3.10. The van der Waals surface area contributed by atoms with Crippen molar-refractivity contribution in [3.63, 3.8) is 0 Å². The Labute approximate surface area is 125 Å². The molecule has 2 unspecified atom stereocenters. The van der Waals surface area contributed by atoms with Crippen LogP contribution < -0.4 is 10.5 Å². The molecule has 0 bridgehead atoms. The highest BCUT2D eigenvalue weighted by atomic mass is 16.5. The summed E-state index contributed by atoms with van der Waals surface area (Å²) in [6, 6.07) is 5.97. The number of hydrogen-bond acceptors (Lipinski definition) is 4. The summed E-state index contributed by atoms with van der Waals surface area (Å²) in [4.78, 5) is 4.55. The lowest BCUT2D eigenvalue weighted by Crippen LogP contribution is -2.37. The minimum absolute atomic E-state index is 0.103. The molecule has 1 fully saturated rings. The zero-order chi connectivity index (χ0) is 15.2. The molecule has 5 nitrogen and oxygen atoms in total. The standard InChI is InChI=1S/C16H23N3O2/c1-10(2)21-13-7-5-6-12-14(13)18-15(17)19(12)16(4)8-9-20-11(16)3/h5-7,10-11H,8-9H2,1-4H3,(H2,17,18). The normalized spacial score (nSPS) is 25.9. The molecule has 1 aliphatic rings. The predicted octanol–water partition coefficient (Wildman–Crippen LogP) is 2.93. The van der Waals surface area contributed by atoms with Gasteiger partial charge in [-0.15, -0.1) is 0 Å². The largest absolute Gasteiger partial charge is 0.489 e. The summed E-state index contributed by atoms with van der Waals surface area (Å²) in [5.41, 5.74) is 7.88. The molecule has 1 aromatic heterocycles. The number of rotatable bonds is 3. The van der Waals surface area contributed by atoms with E-state index in [4.69, 9.17) is 15.2 Å². The van der Waals surface area contributed by atoms with Crippen LogP contribution in [0.15, 0.2) is 18.2 Å². The van der Waals surface area contributed by atoms with Crippen LogP contribution in [0.1, 0.15) is 34.1 Å². The highest BCUT2D eigenvalue weighted by molar-refractivity contribution is 5.84. The van der Waals surface area contributed by atoms with Crippen molar-refractivity contribution < 1.29 is 9.47 Å². The van der Waals surface area contributed by atoms with Gasteiger partial charge in [0.05, 0.1) is 23.3 Å². The summed E-state index contributed by atoms with van der Waals surface area (Å²) in [5.74, 6) is 1.30. The summed E-state index contributed by atoms with van der Waals surface area (Å²) in [7, 11) is 0. The smallest absolute Gasteiger partial charge is 0.201 e. The molecule has 0 aliphatic carbocycles. The molecule has 0 amide bonds. The van der Waals surface area contributed by atoms with Crippen molar-refractivity contribution in [2.24, 2.45) is 0 Å². The van der Waals surface area contributed by atoms with Crippen molar-refractivity contribution in [1.29, 1.82) is 0 Å². The molecular weight excluding hydrogens is 266 g/mol. The van der Waals surface area contributed by atoms with Crippen LogP contribution in [0, 0.1) is 0 Å². The van der Waals surface area contributed by atoms with Crippen molar-refractivity contribution in [3.05, 3.63) is 18.2 Å². The number of anilines is 1. The lowest BCUT2D eigenvalue weighted by molar-refractivity contribution is 0.0783. The number of aromatic nitrogens is 2. The van der Waals surface area contributed by atoms with Gasteiger partial charge in [-0.25, -0.2) is 4.98 Å². The van der Waals surface area contributed by atoms with Crippen LogP contribution in [-0.4, -0.2) is 28.4 Å². The summed E-state index contributed by atoms with van der Waals surface area (Å²) in [6.45, 7) is 9.03. The maximum Gasteiger partial charge on any atom is 0.201 e. The van der Waals surface area contributed by atoms with Crippen molar-refractivity contribution in [1.82, 2.24) is 9.55 Å². The molecule has 2 atom stereocenters. The molecule has 0 spiro atoms. The minimum atomic E-state index is -0.171. The number of ether oxygens (including phenoxy) is 2. The van der Waals surface area contributed by atoms with E-state index in [0.29, 0.717) is 5.95 Å². The number of imidazole rings is 1. The molecule has 5 heteroatoms. The Morgan fingerprint density at radius 1 is 1.48 bits per heavy atom. The first-order valence-corrected chi connectivity index (χ1v) is 7.49. The third-order valence-electron chi connectivity index (χ3n) is 4.40. The van der Waals surface area contributed by atoms with Gasteiger partial charge in [-0.3, -0.25) is 0 Å². The van der Waals surface area contributed by atoms with E-state index in [-0.39, 0.29) is 17.7 Å². The highest BCUT2D eigenvalue weighted by Crippen LogP contribution is 2.39. The maximum absolute atomic E-state index is 6.22. The second-order valence-electron chi connectivity index (χ2n) is 6.22. The average Bonchev–Trinajstić information content (AvgIpc) is 2.91. The molecule has 114 valence electrons. The molecule has 0 saturated carbocycles. The van der Waals surface area contributed by atoms with E-state index in [9.17, 15) is 0 Å². The number of para-hydroxylation sites is 1. The van der Waals surface area contributed by atoms with Gasteiger partial charge in [0.15, 0.2) is 0 Å². The summed E-state index contributed by atoms with van der Waals surface area (Å²) in [6.07, 6.45) is 1.14. The van der Waals surface area contributed by atoms with E-state index in [0.717, 1.165) is 29.8 Å². The van der Waals surface area contributed by atoms with Gasteiger partial charge in [0.1, 0.15) is 11.3 Å². The molecule has 2 N–H and O–H groups in total. The van der Waals surface area contributed by atoms with Crippen LogP contribution in [-0.2, 0) is 10.3 Å². The SMILES string of the molecule is CC(C)Oc1cccc2c1nc(N)n2C1(C)CCOC1C. The first-order chi connectivity index (χ1) is 9.93. The van der Waals surface area contributed by atoms with Gasteiger partial charge >= 0.3 is 0 Å². The van der Waals surface area contributed by atoms with Gasteiger partial charge in [-0.05, 0) is 46.2 Å². The van der Waals surface area contributed by atoms with Gasteiger partial charge in [-0.1, -0.05) is 6.07 Å². The fourth-order valence-corrected chi connectivity index (χ4v) is 3.10. The maximum atomic E-state index is 6.22. The Hall–Kier alpha value is -1.75. The molecule has 3 rings (SSSR count). The van der Waals surface area contributed by atoms with E-state index in [1.165, 1.54) is 0 Å². The predicted molar refractivity (Wildman–Crippen MR) is 83.6 cm³/mol. The van der Waals surface area contributed by atoms with Crippen LogP contribution in [0.2, 0.25) is 0 Å². The fraction of sp³-hybridized carbons (Fsp3) is 0.562. The number of nitrogen functional groups attached to an aromatic ring is 1. The van der Waals surface area contributed by atoms with Crippen molar-refractivity contribution >= 4 is 17.0 Å². The van der Waals surface area contributed by atoms with Crippen molar-refractivity contribution in [2.45, 2.75) is 51.9 Å². The van der Waals surface area contributed by atoms with Crippen molar-refractivity contribution in [2.75, 3.05) is 12.3 Å². The average molecular weight is 289 g/mol. The summed E-state index contributed by atoms with van der Waals surface area (Å²) < 4.78 is 13.7. The van der Waals surface area contributed by atoms with E-state index in [2.05, 4.69) is 23.4 Å². The second-order valence-corrected chi connectivity index (χ2v) is 6.22. The third-order valence-corrected chi connectivity index (χ3v) is 4.40. The van der Waals surface area contributed by atoms with Gasteiger partial charge in [0.2, 0.25) is 5.95 Å². The quantitative estimate of drug-likeness (QED) is 0.943. The molecule has 21 heavy (non-hydrogen) atoms. The number of fused-ring (bicyclic) bond motifs is 1. The molecule has 2 aromatic rings. The summed E-state index contributed by atoms with van der Waals surface area (Å²) >= 11 is 0. The lowest BCUT2D eigenvalue weighted by atomic mass is 9.94. The van der Waals surface area contributed by atoms with Gasteiger partial charge in [0.25, 0.3) is 0 Å². The van der Waals surface area contributed by atoms with E-state index < -0.39 is 0 Å². The molecule has 1 aromatic carbocycles. The van der Waals surface area contributed by atoms with E-state index >= 15 is 0 Å². The van der Waals surface area contributed by atoms with Gasteiger partial charge < -0.3 is 19.8 Å². The van der Waals surface area contributed by atoms with Gasteiger partial charge in [0, 0.05) is 6.61 Å². The Bertz CT molecular complexity index is 665. The van der Waals surface area contributed by atoms with Crippen LogP contribution in [0.4, 0.5) is 5.95 Å². The van der Waals surface area contributed by atoms with Crippen LogP contribution in [0.5, 0.6) is 5.75 Å². The zero-order valence-electron chi connectivity index (χ0n) is 13.1. The first-order valence-electron chi connectivity index (χ1n) is 7.49.